The first-order chi connectivity index (χ1) is 13.0. The predicted octanol–water partition coefficient (Wildman–Crippen LogP) is 2.53. The van der Waals surface area contributed by atoms with Gasteiger partial charge < -0.3 is 14.2 Å². The number of thioether (sulfide) groups is 1. The Morgan fingerprint density at radius 2 is 1.93 bits per heavy atom. The fourth-order valence-corrected chi connectivity index (χ4v) is 4.09. The smallest absolute Gasteiger partial charge is 0.338 e. The largest absolute Gasteiger partial charge is 0.497 e. The van der Waals surface area contributed by atoms with Gasteiger partial charge in [0.25, 0.3) is 0 Å². The molecule has 144 valence electrons. The molecular weight excluding hydrogens is 368 g/mol. The number of allylic oxidation sites excluding steroid dienone is 1. The minimum Gasteiger partial charge on any atom is -0.497 e. The van der Waals surface area contributed by atoms with Crippen LogP contribution < -0.4 is 4.74 Å². The highest BCUT2D eigenvalue weighted by molar-refractivity contribution is 8.15. The van der Waals surface area contributed by atoms with Crippen molar-refractivity contribution in [2.45, 2.75) is 25.1 Å². The van der Waals surface area contributed by atoms with Gasteiger partial charge in [0.1, 0.15) is 12.4 Å². The molecular formula is C19H22N2O5S. The quantitative estimate of drug-likeness (QED) is 0.549. The summed E-state index contributed by atoms with van der Waals surface area (Å²) < 4.78 is 15.5. The first-order valence-electron chi connectivity index (χ1n) is 8.57. The molecule has 1 aromatic carbocycles. The molecule has 0 bridgehead atoms. The molecule has 0 radical (unpaired) electrons. The van der Waals surface area contributed by atoms with E-state index in [-0.39, 0.29) is 17.8 Å². The number of carbonyl (C=O) groups excluding carboxylic acids is 2. The van der Waals surface area contributed by atoms with E-state index in [1.807, 2.05) is 19.1 Å². The average Bonchev–Trinajstić information content (AvgIpc) is 2.94. The topological polar surface area (TPSA) is 77.4 Å². The molecule has 3 rings (SSSR count). The minimum atomic E-state index is -0.580. The third-order valence-corrected chi connectivity index (χ3v) is 5.48. The van der Waals surface area contributed by atoms with Gasteiger partial charge in [-0.15, -0.1) is 0 Å². The van der Waals surface area contributed by atoms with Crippen LogP contribution >= 0.6 is 11.8 Å². The van der Waals surface area contributed by atoms with Gasteiger partial charge in [-0.1, -0.05) is 23.9 Å². The first-order valence-corrected chi connectivity index (χ1v) is 9.45. The van der Waals surface area contributed by atoms with Crippen LogP contribution in [0.4, 0.5) is 0 Å². The van der Waals surface area contributed by atoms with Gasteiger partial charge in [0.2, 0.25) is 5.91 Å². The lowest BCUT2D eigenvalue weighted by Gasteiger charge is -2.33. The van der Waals surface area contributed by atoms with Gasteiger partial charge in [0.05, 0.1) is 36.3 Å². The van der Waals surface area contributed by atoms with E-state index >= 15 is 0 Å². The van der Waals surface area contributed by atoms with Crippen molar-refractivity contribution in [3.8, 4) is 5.75 Å². The Labute approximate surface area is 162 Å². The zero-order valence-electron chi connectivity index (χ0n) is 15.7. The highest BCUT2D eigenvalue weighted by Crippen LogP contribution is 2.43. The second-order valence-corrected chi connectivity index (χ2v) is 7.47. The second-order valence-electron chi connectivity index (χ2n) is 6.17. The molecule has 1 saturated heterocycles. The number of methoxy groups -OCH3 is 2. The number of amidine groups is 1. The highest BCUT2D eigenvalue weighted by atomic mass is 32.2. The average molecular weight is 390 g/mol. The molecule has 0 aliphatic carbocycles. The van der Waals surface area contributed by atoms with Crippen molar-refractivity contribution in [3.63, 3.8) is 0 Å². The zero-order valence-corrected chi connectivity index (χ0v) is 16.5. The van der Waals surface area contributed by atoms with Crippen LogP contribution in [0, 0.1) is 0 Å². The van der Waals surface area contributed by atoms with E-state index in [0.29, 0.717) is 28.8 Å². The van der Waals surface area contributed by atoms with E-state index in [0.717, 1.165) is 5.56 Å². The molecule has 2 aliphatic heterocycles. The number of hydrogen-bond donors (Lipinski definition) is 0. The van der Waals surface area contributed by atoms with Crippen molar-refractivity contribution in [3.05, 3.63) is 41.1 Å². The summed E-state index contributed by atoms with van der Waals surface area (Å²) >= 11 is 1.40. The first kappa shape index (κ1) is 19.4. The maximum atomic E-state index is 12.8. The van der Waals surface area contributed by atoms with Crippen LogP contribution in [-0.2, 0) is 19.1 Å². The number of nitrogens with zero attached hydrogens (tertiary/aromatic N) is 2. The fraction of sp³-hybridized carbons (Fsp3) is 0.421. The summed E-state index contributed by atoms with van der Waals surface area (Å²) in [6.07, 6.45) is 0. The molecule has 1 amide bonds. The number of hydrogen-bond acceptors (Lipinski definition) is 7. The Hall–Kier alpha value is -2.32. The van der Waals surface area contributed by atoms with Gasteiger partial charge >= 0.3 is 5.97 Å². The van der Waals surface area contributed by atoms with Crippen LogP contribution in [0.2, 0.25) is 0 Å². The number of amides is 1. The summed E-state index contributed by atoms with van der Waals surface area (Å²) in [6.45, 7) is 4.04. The number of ether oxygens (including phenoxy) is 3. The van der Waals surface area contributed by atoms with Crippen molar-refractivity contribution in [1.82, 2.24) is 4.90 Å². The fourth-order valence-electron chi connectivity index (χ4n) is 3.06. The number of fused-ring (bicyclic) bond motifs is 1. The van der Waals surface area contributed by atoms with Crippen molar-refractivity contribution < 1.29 is 23.8 Å². The molecule has 1 aromatic rings. The summed E-state index contributed by atoms with van der Waals surface area (Å²) in [5.74, 6) is 0.128. The van der Waals surface area contributed by atoms with Crippen LogP contribution in [-0.4, -0.2) is 54.6 Å². The summed E-state index contributed by atoms with van der Waals surface area (Å²) in [4.78, 5) is 31.7. The molecule has 0 N–H and O–H groups in total. The SMILES string of the molecule is COCCOC(=O)C1=C(C)N=C2S[C@H](C)C(=O)N2[C@@H]1c1ccc(OC)cc1. The monoisotopic (exact) mass is 390 g/mol. The third kappa shape index (κ3) is 3.72. The van der Waals surface area contributed by atoms with Crippen LogP contribution in [0.1, 0.15) is 25.5 Å². The number of aliphatic imine (C=N–C) groups is 1. The Kier molecular flexibility index (Phi) is 5.86. The predicted molar refractivity (Wildman–Crippen MR) is 103 cm³/mol. The van der Waals surface area contributed by atoms with E-state index in [9.17, 15) is 9.59 Å². The summed E-state index contributed by atoms with van der Waals surface area (Å²) in [6, 6.07) is 6.73. The summed E-state index contributed by atoms with van der Waals surface area (Å²) in [5.41, 5.74) is 1.71. The van der Waals surface area contributed by atoms with Gasteiger partial charge in [-0.3, -0.25) is 9.69 Å². The Morgan fingerprint density at radius 3 is 2.56 bits per heavy atom. The van der Waals surface area contributed by atoms with E-state index in [4.69, 9.17) is 14.2 Å². The van der Waals surface area contributed by atoms with E-state index in [2.05, 4.69) is 4.99 Å². The maximum Gasteiger partial charge on any atom is 0.338 e. The Balaban J connectivity index is 2.03. The molecule has 7 nitrogen and oxygen atoms in total. The highest BCUT2D eigenvalue weighted by Gasteiger charge is 2.46. The van der Waals surface area contributed by atoms with Gasteiger partial charge in [-0.05, 0) is 31.5 Å². The molecule has 1 fully saturated rings. The van der Waals surface area contributed by atoms with Crippen molar-refractivity contribution >= 4 is 28.8 Å². The standard InChI is InChI=1S/C19H22N2O5S/c1-11-15(18(23)26-10-9-24-3)16(13-5-7-14(25-4)8-6-13)21-17(22)12(2)27-19(21)20-11/h5-8,12,16H,9-10H2,1-4H3/t12-,16-/m1/s1. The number of benzene rings is 1. The van der Waals surface area contributed by atoms with Crippen LogP contribution in [0.3, 0.4) is 0 Å². The minimum absolute atomic E-state index is 0.0748. The van der Waals surface area contributed by atoms with Crippen LogP contribution in [0.15, 0.2) is 40.5 Å². The molecule has 0 saturated carbocycles. The molecule has 2 atom stereocenters. The molecule has 0 aromatic heterocycles. The van der Waals surface area contributed by atoms with Gasteiger partial charge in [0, 0.05) is 7.11 Å². The Morgan fingerprint density at radius 1 is 1.22 bits per heavy atom. The van der Waals surface area contributed by atoms with Gasteiger partial charge in [-0.2, -0.15) is 0 Å². The molecule has 2 aliphatic rings. The molecule has 27 heavy (non-hydrogen) atoms. The lowest BCUT2D eigenvalue weighted by Crippen LogP contribution is -2.40. The zero-order chi connectivity index (χ0) is 19.6. The lowest BCUT2D eigenvalue weighted by atomic mass is 9.94. The molecule has 0 unspecified atom stereocenters. The number of esters is 1. The van der Waals surface area contributed by atoms with Gasteiger partial charge in [-0.25, -0.2) is 9.79 Å². The van der Waals surface area contributed by atoms with Crippen molar-refractivity contribution in [2.24, 2.45) is 4.99 Å². The van der Waals surface area contributed by atoms with E-state index in [1.54, 1.807) is 31.1 Å². The summed E-state index contributed by atoms with van der Waals surface area (Å²) in [7, 11) is 3.13. The number of rotatable bonds is 6. The third-order valence-electron chi connectivity index (χ3n) is 4.43. The van der Waals surface area contributed by atoms with Crippen molar-refractivity contribution in [2.75, 3.05) is 27.4 Å². The lowest BCUT2D eigenvalue weighted by molar-refractivity contribution is -0.141. The van der Waals surface area contributed by atoms with Crippen molar-refractivity contribution in [1.29, 1.82) is 0 Å². The van der Waals surface area contributed by atoms with Crippen LogP contribution in [0.5, 0.6) is 5.75 Å². The molecule has 8 heteroatoms. The second kappa shape index (κ2) is 8.14. The molecule has 2 heterocycles. The Bertz CT molecular complexity index is 803. The van der Waals surface area contributed by atoms with E-state index in [1.165, 1.54) is 18.9 Å². The van der Waals surface area contributed by atoms with Crippen LogP contribution in [0.25, 0.3) is 0 Å². The van der Waals surface area contributed by atoms with E-state index < -0.39 is 12.0 Å². The maximum absolute atomic E-state index is 12.8. The molecule has 0 spiro atoms. The normalized spacial score (nSPS) is 21.9. The number of carbonyl (C=O) groups is 2. The van der Waals surface area contributed by atoms with Gasteiger partial charge in [0.15, 0.2) is 5.17 Å². The summed E-state index contributed by atoms with van der Waals surface area (Å²) in [5, 5.41) is 0.361.